The van der Waals surface area contributed by atoms with Gasteiger partial charge in [0, 0.05) is 37.2 Å². The molecule has 1 aliphatic rings. The summed E-state index contributed by atoms with van der Waals surface area (Å²) in [7, 11) is 1.93. The Morgan fingerprint density at radius 1 is 1.03 bits per heavy atom. The van der Waals surface area contributed by atoms with Crippen LogP contribution in [0.25, 0.3) is 0 Å². The summed E-state index contributed by atoms with van der Waals surface area (Å²) in [5.41, 5.74) is 2.69. The van der Waals surface area contributed by atoms with Gasteiger partial charge in [-0.25, -0.2) is 4.39 Å². The topological polar surface area (TPSA) is 71.1 Å². The third-order valence-corrected chi connectivity index (χ3v) is 7.10. The molecule has 1 fully saturated rings. The number of rotatable bonds is 5. The number of benzene rings is 3. The zero-order valence-electron chi connectivity index (χ0n) is 18.9. The largest absolute Gasteiger partial charge is 0.336 e. The van der Waals surface area contributed by atoms with Crippen LogP contribution < -0.4 is 0 Å². The molecule has 4 rings (SSSR count). The number of nitrogens with zero attached hydrogens (tertiary/aromatic N) is 4. The minimum absolute atomic E-state index is 0.00476. The zero-order chi connectivity index (χ0) is 25.1. The van der Waals surface area contributed by atoms with Crippen LogP contribution in [0.5, 0.6) is 0 Å². The maximum Gasteiger partial charge on any atom is 0.253 e. The van der Waals surface area contributed by atoms with E-state index < -0.39 is 5.82 Å². The van der Waals surface area contributed by atoms with Crippen LogP contribution in [-0.4, -0.2) is 41.9 Å². The number of hydrogen-bond donors (Lipinski definition) is 0. The van der Waals surface area contributed by atoms with Gasteiger partial charge >= 0.3 is 0 Å². The molecule has 176 valence electrons. The van der Waals surface area contributed by atoms with Gasteiger partial charge in [0.25, 0.3) is 5.91 Å². The van der Waals surface area contributed by atoms with Crippen molar-refractivity contribution < 1.29 is 9.18 Å². The molecule has 0 aliphatic carbocycles. The molecule has 35 heavy (non-hydrogen) atoms. The fourth-order valence-corrected chi connectivity index (χ4v) is 4.80. The molecule has 1 heterocycles. The number of nitriles is 2. The number of likely N-dealkylation sites (tertiary alicyclic amines) is 1. The van der Waals surface area contributed by atoms with Crippen molar-refractivity contribution in [3.8, 4) is 12.1 Å². The molecule has 1 saturated heterocycles. The Balaban J connectivity index is 1.61. The maximum absolute atomic E-state index is 14.2. The molecule has 0 aromatic heterocycles. The summed E-state index contributed by atoms with van der Waals surface area (Å²) >= 11 is 12.4. The van der Waals surface area contributed by atoms with Crippen LogP contribution in [0.4, 0.5) is 4.39 Å². The molecule has 0 saturated carbocycles. The molecule has 5 nitrogen and oxygen atoms in total. The highest BCUT2D eigenvalue weighted by atomic mass is 35.5. The third kappa shape index (κ3) is 5.31. The van der Waals surface area contributed by atoms with E-state index in [1.54, 1.807) is 41.3 Å². The van der Waals surface area contributed by atoms with E-state index in [-0.39, 0.29) is 23.4 Å². The first-order valence-electron chi connectivity index (χ1n) is 10.9. The van der Waals surface area contributed by atoms with Crippen molar-refractivity contribution >= 4 is 29.1 Å². The van der Waals surface area contributed by atoms with Crippen LogP contribution in [0.15, 0.2) is 60.7 Å². The number of carbonyl (C=O) groups is 1. The van der Waals surface area contributed by atoms with Gasteiger partial charge in [0.2, 0.25) is 0 Å². The lowest BCUT2D eigenvalue weighted by atomic mass is 9.93. The van der Waals surface area contributed by atoms with Gasteiger partial charge in [-0.15, -0.1) is 0 Å². The van der Waals surface area contributed by atoms with Crippen LogP contribution in [-0.2, 0) is 6.54 Å². The Labute approximate surface area is 213 Å². The molecule has 2 atom stereocenters. The molecule has 1 amide bonds. The van der Waals surface area contributed by atoms with Crippen LogP contribution in [0.1, 0.15) is 38.5 Å². The fraction of sp³-hybridized carbons (Fsp3) is 0.222. The van der Waals surface area contributed by atoms with Gasteiger partial charge < -0.3 is 4.90 Å². The number of carbonyl (C=O) groups excluding carboxylic acids is 1. The number of halogens is 3. The van der Waals surface area contributed by atoms with Crippen molar-refractivity contribution in [1.82, 2.24) is 9.80 Å². The Hall–Kier alpha value is -3.42. The fourth-order valence-electron chi connectivity index (χ4n) is 4.49. The second kappa shape index (κ2) is 10.5. The van der Waals surface area contributed by atoms with Gasteiger partial charge in [0.05, 0.1) is 27.2 Å². The molecule has 1 aliphatic heterocycles. The van der Waals surface area contributed by atoms with Gasteiger partial charge in [0.15, 0.2) is 0 Å². The van der Waals surface area contributed by atoms with Gasteiger partial charge in [-0.3, -0.25) is 9.69 Å². The highest BCUT2D eigenvalue weighted by Crippen LogP contribution is 2.35. The molecule has 0 spiro atoms. The Morgan fingerprint density at radius 3 is 2.40 bits per heavy atom. The minimum Gasteiger partial charge on any atom is -0.336 e. The average Bonchev–Trinajstić information content (AvgIpc) is 3.31. The monoisotopic (exact) mass is 506 g/mol. The Morgan fingerprint density at radius 2 is 1.77 bits per heavy atom. The third-order valence-electron chi connectivity index (χ3n) is 6.36. The Kier molecular flexibility index (Phi) is 7.38. The van der Waals surface area contributed by atoms with Crippen LogP contribution in [0, 0.1) is 28.5 Å². The predicted molar refractivity (Wildman–Crippen MR) is 133 cm³/mol. The summed E-state index contributed by atoms with van der Waals surface area (Å²) in [6.07, 6.45) is 0. The van der Waals surface area contributed by atoms with E-state index in [0.29, 0.717) is 40.8 Å². The van der Waals surface area contributed by atoms with Gasteiger partial charge in [0.1, 0.15) is 11.9 Å². The van der Waals surface area contributed by atoms with E-state index in [1.807, 2.05) is 25.2 Å². The van der Waals surface area contributed by atoms with Gasteiger partial charge in [-0.2, -0.15) is 10.5 Å². The maximum atomic E-state index is 14.2. The van der Waals surface area contributed by atoms with Crippen LogP contribution >= 0.6 is 23.2 Å². The lowest BCUT2D eigenvalue weighted by molar-refractivity contribution is 0.0779. The molecule has 0 N–H and O–H groups in total. The molecule has 8 heteroatoms. The van der Waals surface area contributed by atoms with Crippen molar-refractivity contribution in [2.45, 2.75) is 18.5 Å². The normalized spacial score (nSPS) is 17.3. The first-order valence-corrected chi connectivity index (χ1v) is 11.7. The van der Waals surface area contributed by atoms with Gasteiger partial charge in [-0.1, -0.05) is 35.3 Å². The highest BCUT2D eigenvalue weighted by Gasteiger charge is 2.39. The van der Waals surface area contributed by atoms with Crippen molar-refractivity contribution in [1.29, 1.82) is 10.5 Å². The summed E-state index contributed by atoms with van der Waals surface area (Å²) in [6, 6.07) is 20.5. The smallest absolute Gasteiger partial charge is 0.253 e. The first-order chi connectivity index (χ1) is 16.8. The van der Waals surface area contributed by atoms with E-state index in [4.69, 9.17) is 33.7 Å². The van der Waals surface area contributed by atoms with Crippen LogP contribution in [0.2, 0.25) is 10.0 Å². The van der Waals surface area contributed by atoms with Crippen molar-refractivity contribution in [2.75, 3.05) is 20.1 Å². The lowest BCUT2D eigenvalue weighted by Gasteiger charge is -2.29. The molecular weight excluding hydrogens is 486 g/mol. The minimum atomic E-state index is -0.552. The number of hydrogen-bond acceptors (Lipinski definition) is 4. The second-order valence-electron chi connectivity index (χ2n) is 8.59. The molecular formula is C27H21Cl2FN4O. The number of likely N-dealkylation sites (N-methyl/N-ethyl adjacent to an activating group) is 1. The molecule has 2 unspecified atom stereocenters. The Bertz CT molecular complexity index is 1350. The van der Waals surface area contributed by atoms with E-state index in [2.05, 4.69) is 11.0 Å². The van der Waals surface area contributed by atoms with Gasteiger partial charge in [-0.05, 0) is 66.7 Å². The van der Waals surface area contributed by atoms with Crippen molar-refractivity contribution in [3.63, 3.8) is 0 Å². The quantitative estimate of drug-likeness (QED) is 0.450. The van der Waals surface area contributed by atoms with Crippen LogP contribution in [0.3, 0.4) is 0 Å². The summed E-state index contributed by atoms with van der Waals surface area (Å²) in [4.78, 5) is 17.2. The average molecular weight is 507 g/mol. The van der Waals surface area contributed by atoms with Crippen molar-refractivity contribution in [2.24, 2.45) is 0 Å². The summed E-state index contributed by atoms with van der Waals surface area (Å²) in [5.74, 6) is -0.733. The van der Waals surface area contributed by atoms with E-state index in [0.717, 1.165) is 11.1 Å². The summed E-state index contributed by atoms with van der Waals surface area (Å²) < 4.78 is 14.2. The molecule has 3 aromatic rings. The summed E-state index contributed by atoms with van der Waals surface area (Å²) in [6.45, 7) is 1.36. The lowest BCUT2D eigenvalue weighted by Crippen LogP contribution is -2.38. The SMILES string of the molecule is CN(Cc1ccc(C#N)c(F)c1)C1CN(C(=O)c2ccc(C#N)cc2)CC1c1ccc(Cl)c(Cl)c1. The molecule has 0 bridgehead atoms. The molecule has 3 aromatic carbocycles. The standard InChI is InChI=1S/C27H21Cl2FN4O/c1-33(14-18-4-7-21(13-32)25(30)10-18)26-16-34(27(35)19-5-2-17(12-31)3-6-19)15-22(26)20-8-9-23(28)24(29)11-20/h2-11,22,26H,14-16H2,1H3. The van der Waals surface area contributed by atoms with E-state index >= 15 is 0 Å². The first kappa shape index (κ1) is 24.7. The predicted octanol–water partition coefficient (Wildman–Crippen LogP) is 5.62. The van der Waals surface area contributed by atoms with E-state index in [9.17, 15) is 9.18 Å². The number of amides is 1. The van der Waals surface area contributed by atoms with E-state index in [1.165, 1.54) is 12.1 Å². The highest BCUT2D eigenvalue weighted by molar-refractivity contribution is 6.42. The summed E-state index contributed by atoms with van der Waals surface area (Å²) in [5, 5.41) is 18.9. The zero-order valence-corrected chi connectivity index (χ0v) is 20.4. The molecule has 0 radical (unpaired) electrons. The second-order valence-corrected chi connectivity index (χ2v) is 9.40. The van der Waals surface area contributed by atoms with Crippen molar-refractivity contribution in [3.05, 3.63) is 104 Å².